The molecule has 0 radical (unpaired) electrons. The molecule has 1 fully saturated rings. The number of hydrogen-bond donors (Lipinski definition) is 2. The maximum absolute atomic E-state index is 12.2. The molecule has 1 heterocycles. The van der Waals surface area contributed by atoms with Gasteiger partial charge in [0.15, 0.2) is 5.82 Å². The molecule has 3 aromatic rings. The minimum atomic E-state index is -0.0304. The largest absolute Gasteiger partial charge is 0.349 e. The second-order valence-corrected chi connectivity index (χ2v) is 6.57. The fourth-order valence-electron chi connectivity index (χ4n) is 2.79. The predicted molar refractivity (Wildman–Crippen MR) is 102 cm³/mol. The van der Waals surface area contributed by atoms with Crippen molar-refractivity contribution in [3.63, 3.8) is 0 Å². The Morgan fingerprint density at radius 2 is 1.85 bits per heavy atom. The number of amides is 1. The third-order valence-electron chi connectivity index (χ3n) is 4.40. The Morgan fingerprint density at radius 1 is 1.00 bits per heavy atom. The van der Waals surface area contributed by atoms with Crippen molar-refractivity contribution >= 4 is 17.4 Å². The topological polar surface area (TPSA) is 66.9 Å². The highest BCUT2D eigenvalue weighted by Crippen LogP contribution is 2.23. The van der Waals surface area contributed by atoms with Crippen LogP contribution in [-0.2, 0) is 0 Å². The smallest absolute Gasteiger partial charge is 0.251 e. The fraction of sp³-hybridized carbons (Fsp3) is 0.190. The van der Waals surface area contributed by atoms with Crippen LogP contribution in [0.2, 0.25) is 0 Å². The van der Waals surface area contributed by atoms with Gasteiger partial charge in [-0.15, -0.1) is 10.2 Å². The third-order valence-corrected chi connectivity index (χ3v) is 4.40. The zero-order valence-corrected chi connectivity index (χ0v) is 14.6. The van der Waals surface area contributed by atoms with E-state index in [1.54, 1.807) is 0 Å². The lowest BCUT2D eigenvalue weighted by Crippen LogP contribution is -2.25. The van der Waals surface area contributed by atoms with Crippen molar-refractivity contribution in [3.05, 3.63) is 71.8 Å². The molecule has 130 valence electrons. The molecule has 26 heavy (non-hydrogen) atoms. The number of carbonyl (C=O) groups is 1. The van der Waals surface area contributed by atoms with Crippen LogP contribution in [0.5, 0.6) is 0 Å². The van der Waals surface area contributed by atoms with E-state index < -0.39 is 0 Å². The highest BCUT2D eigenvalue weighted by molar-refractivity contribution is 5.95. The molecule has 1 aliphatic carbocycles. The molecule has 2 N–H and O–H groups in total. The first kappa shape index (κ1) is 16.3. The average Bonchev–Trinajstić information content (AvgIpc) is 3.47. The number of benzene rings is 2. The summed E-state index contributed by atoms with van der Waals surface area (Å²) >= 11 is 0. The van der Waals surface area contributed by atoms with E-state index in [4.69, 9.17) is 0 Å². The van der Waals surface area contributed by atoms with Gasteiger partial charge in [-0.2, -0.15) is 0 Å². The number of anilines is 2. The highest BCUT2D eigenvalue weighted by Gasteiger charge is 2.23. The zero-order valence-electron chi connectivity index (χ0n) is 14.6. The summed E-state index contributed by atoms with van der Waals surface area (Å²) in [6.07, 6.45) is 2.15. The van der Waals surface area contributed by atoms with E-state index in [0.717, 1.165) is 35.3 Å². The van der Waals surface area contributed by atoms with Gasteiger partial charge in [0.25, 0.3) is 5.91 Å². The van der Waals surface area contributed by atoms with Crippen molar-refractivity contribution in [2.75, 3.05) is 5.32 Å². The van der Waals surface area contributed by atoms with Gasteiger partial charge in [-0.3, -0.25) is 4.79 Å². The van der Waals surface area contributed by atoms with Gasteiger partial charge in [0, 0.05) is 22.9 Å². The van der Waals surface area contributed by atoms with E-state index >= 15 is 0 Å². The Labute approximate surface area is 152 Å². The molecule has 5 heteroatoms. The molecule has 1 amide bonds. The SMILES string of the molecule is Cc1ccccc1-c1ccc(Nc2cccc(C(=O)NC3CC3)c2)nn1. The average molecular weight is 344 g/mol. The zero-order chi connectivity index (χ0) is 17.9. The van der Waals surface area contributed by atoms with Crippen LogP contribution in [0.15, 0.2) is 60.7 Å². The number of aryl methyl sites for hydroxylation is 1. The Balaban J connectivity index is 1.49. The summed E-state index contributed by atoms with van der Waals surface area (Å²) in [5.41, 5.74) is 4.53. The van der Waals surface area contributed by atoms with E-state index in [2.05, 4.69) is 33.8 Å². The molecular formula is C21H20N4O. The summed E-state index contributed by atoms with van der Waals surface area (Å²) < 4.78 is 0. The van der Waals surface area contributed by atoms with Gasteiger partial charge >= 0.3 is 0 Å². The molecule has 5 nitrogen and oxygen atoms in total. The summed E-state index contributed by atoms with van der Waals surface area (Å²) in [5, 5.41) is 14.8. The second-order valence-electron chi connectivity index (χ2n) is 6.57. The fourth-order valence-corrected chi connectivity index (χ4v) is 2.79. The molecule has 0 saturated heterocycles. The van der Waals surface area contributed by atoms with Crippen molar-refractivity contribution in [2.45, 2.75) is 25.8 Å². The standard InChI is InChI=1S/C21H20N4O/c1-14-5-2-3-8-18(14)19-11-12-20(25-24-19)22-17-7-4-6-15(13-17)21(26)23-16-9-10-16/h2-8,11-13,16H,9-10H2,1H3,(H,22,25)(H,23,26). The number of nitrogens with zero attached hydrogens (tertiary/aromatic N) is 2. The molecule has 0 spiro atoms. The van der Waals surface area contributed by atoms with E-state index in [0.29, 0.717) is 17.4 Å². The molecule has 0 aliphatic heterocycles. The van der Waals surface area contributed by atoms with Crippen molar-refractivity contribution < 1.29 is 4.79 Å². The number of aromatic nitrogens is 2. The van der Waals surface area contributed by atoms with E-state index in [-0.39, 0.29) is 5.91 Å². The maximum atomic E-state index is 12.2. The van der Waals surface area contributed by atoms with Crippen LogP contribution in [0.3, 0.4) is 0 Å². The van der Waals surface area contributed by atoms with Gasteiger partial charge in [-0.25, -0.2) is 0 Å². The van der Waals surface area contributed by atoms with Crippen molar-refractivity contribution in [3.8, 4) is 11.3 Å². The van der Waals surface area contributed by atoms with Crippen LogP contribution in [0.25, 0.3) is 11.3 Å². The molecular weight excluding hydrogens is 324 g/mol. The Bertz CT molecular complexity index is 933. The van der Waals surface area contributed by atoms with Gasteiger partial charge in [-0.05, 0) is 55.7 Å². The minimum absolute atomic E-state index is 0.0304. The van der Waals surface area contributed by atoms with Gasteiger partial charge in [0.2, 0.25) is 0 Å². The lowest BCUT2D eigenvalue weighted by molar-refractivity contribution is 0.0951. The Hall–Kier alpha value is -3.21. The Kier molecular flexibility index (Phi) is 4.35. The molecule has 1 saturated carbocycles. The maximum Gasteiger partial charge on any atom is 0.251 e. The van der Waals surface area contributed by atoms with Gasteiger partial charge in [-0.1, -0.05) is 30.3 Å². The first-order valence-electron chi connectivity index (χ1n) is 8.77. The highest BCUT2D eigenvalue weighted by atomic mass is 16.1. The van der Waals surface area contributed by atoms with E-state index in [1.165, 1.54) is 0 Å². The van der Waals surface area contributed by atoms with Gasteiger partial charge in [0.1, 0.15) is 0 Å². The quantitative estimate of drug-likeness (QED) is 0.732. The van der Waals surface area contributed by atoms with Crippen LogP contribution in [-0.4, -0.2) is 22.1 Å². The lowest BCUT2D eigenvalue weighted by atomic mass is 10.1. The monoisotopic (exact) mass is 344 g/mol. The molecule has 0 unspecified atom stereocenters. The molecule has 4 rings (SSSR count). The summed E-state index contributed by atoms with van der Waals surface area (Å²) in [6.45, 7) is 2.06. The molecule has 1 aromatic heterocycles. The summed E-state index contributed by atoms with van der Waals surface area (Å²) in [7, 11) is 0. The van der Waals surface area contributed by atoms with E-state index in [9.17, 15) is 4.79 Å². The van der Waals surface area contributed by atoms with Crippen molar-refractivity contribution in [1.82, 2.24) is 15.5 Å². The molecule has 0 bridgehead atoms. The first-order valence-corrected chi connectivity index (χ1v) is 8.77. The summed E-state index contributed by atoms with van der Waals surface area (Å²) in [4.78, 5) is 12.2. The number of carbonyl (C=O) groups excluding carboxylic acids is 1. The second kappa shape index (κ2) is 6.96. The van der Waals surface area contributed by atoms with Crippen LogP contribution in [0.4, 0.5) is 11.5 Å². The van der Waals surface area contributed by atoms with Gasteiger partial charge < -0.3 is 10.6 Å². The lowest BCUT2D eigenvalue weighted by Gasteiger charge is -2.09. The van der Waals surface area contributed by atoms with Crippen LogP contribution in [0.1, 0.15) is 28.8 Å². The molecule has 0 atom stereocenters. The summed E-state index contributed by atoms with van der Waals surface area (Å²) in [6, 6.07) is 19.7. The normalized spacial score (nSPS) is 13.3. The molecule has 2 aromatic carbocycles. The number of rotatable bonds is 5. The van der Waals surface area contributed by atoms with Crippen LogP contribution < -0.4 is 10.6 Å². The first-order chi connectivity index (χ1) is 12.7. The summed E-state index contributed by atoms with van der Waals surface area (Å²) in [5.74, 6) is 0.610. The van der Waals surface area contributed by atoms with Gasteiger partial charge in [0.05, 0.1) is 5.69 Å². The van der Waals surface area contributed by atoms with Crippen molar-refractivity contribution in [2.24, 2.45) is 0 Å². The van der Waals surface area contributed by atoms with Crippen LogP contribution >= 0.6 is 0 Å². The number of nitrogens with one attached hydrogen (secondary N) is 2. The van der Waals surface area contributed by atoms with Crippen LogP contribution in [0, 0.1) is 6.92 Å². The van der Waals surface area contributed by atoms with E-state index in [1.807, 2.05) is 54.6 Å². The van der Waals surface area contributed by atoms with Crippen molar-refractivity contribution in [1.29, 1.82) is 0 Å². The minimum Gasteiger partial charge on any atom is -0.349 e. The molecule has 1 aliphatic rings. The number of hydrogen-bond acceptors (Lipinski definition) is 4. The third kappa shape index (κ3) is 3.72. The Morgan fingerprint density at radius 3 is 2.58 bits per heavy atom. The predicted octanol–water partition coefficient (Wildman–Crippen LogP) is 4.09.